The topological polar surface area (TPSA) is 192 Å². The Bertz CT molecular complexity index is 960. The van der Waals surface area contributed by atoms with Crippen LogP contribution in [0, 0.1) is 16.2 Å². The molecule has 0 aromatic carbocycles. The van der Waals surface area contributed by atoms with Crippen LogP contribution in [0.4, 0.5) is 0 Å². The van der Waals surface area contributed by atoms with Gasteiger partial charge in [-0.15, -0.1) is 0 Å². The van der Waals surface area contributed by atoms with Gasteiger partial charge in [-0.2, -0.15) is 0 Å². The van der Waals surface area contributed by atoms with Crippen molar-refractivity contribution in [1.29, 1.82) is 0 Å². The van der Waals surface area contributed by atoms with Crippen molar-refractivity contribution in [1.82, 2.24) is 0 Å². The molecular formula is C27H40O13. The highest BCUT2D eigenvalue weighted by molar-refractivity contribution is 5.87. The number of carbonyl (C=O) groups excluding carboxylic acids is 2. The first-order valence-electron chi connectivity index (χ1n) is 12.8. The number of esters is 2. The summed E-state index contributed by atoms with van der Waals surface area (Å²) in [4.78, 5) is 60.9. The molecule has 0 bridgehead atoms. The van der Waals surface area contributed by atoms with Crippen LogP contribution in [0.5, 0.6) is 0 Å². The van der Waals surface area contributed by atoms with Gasteiger partial charge in [-0.3, -0.25) is 19.2 Å². The monoisotopic (exact) mass is 572 g/mol. The Kier molecular flexibility index (Phi) is 13.3. The quantitative estimate of drug-likeness (QED) is 0.0673. The fraction of sp³-hybridized carbons (Fsp3) is 0.667. The Morgan fingerprint density at radius 2 is 1.27 bits per heavy atom. The van der Waals surface area contributed by atoms with Gasteiger partial charge in [0, 0.05) is 19.1 Å². The van der Waals surface area contributed by atoms with E-state index in [0.29, 0.717) is 0 Å². The van der Waals surface area contributed by atoms with E-state index in [4.69, 9.17) is 23.7 Å². The van der Waals surface area contributed by atoms with Crippen molar-refractivity contribution in [3.63, 3.8) is 0 Å². The molecule has 1 aliphatic rings. The standard InChI is InChI=1S/C27H40O13/c1-6-36-10-7-25(22(30)31)15-26(23(32)33,8-11-37-13-14-39-21(29)18(2)3)17-27(16-25,24(34)35)9-12-38-20(5)40-19(4)28/h6,20H,1-2,7-17H2,3-5H3,(H,30,31)(H,32,33)(H,34,35). The van der Waals surface area contributed by atoms with Crippen LogP contribution in [0.15, 0.2) is 25.0 Å². The summed E-state index contributed by atoms with van der Waals surface area (Å²) in [6.45, 7) is 10.3. The molecule has 0 spiro atoms. The van der Waals surface area contributed by atoms with Crippen LogP contribution in [-0.2, 0) is 47.7 Å². The van der Waals surface area contributed by atoms with Gasteiger partial charge in [0.25, 0.3) is 0 Å². The Hall–Kier alpha value is -3.45. The maximum atomic E-state index is 12.8. The fourth-order valence-corrected chi connectivity index (χ4v) is 5.15. The second-order valence-corrected chi connectivity index (χ2v) is 10.2. The molecule has 0 aromatic heterocycles. The molecule has 1 fully saturated rings. The molecule has 3 N–H and O–H groups in total. The van der Waals surface area contributed by atoms with Crippen LogP contribution in [0.2, 0.25) is 0 Å². The number of carboxylic acids is 3. The maximum Gasteiger partial charge on any atom is 0.333 e. The van der Waals surface area contributed by atoms with Crippen LogP contribution in [0.25, 0.3) is 0 Å². The first-order chi connectivity index (χ1) is 18.6. The summed E-state index contributed by atoms with van der Waals surface area (Å²) < 4.78 is 25.9. The molecule has 0 radical (unpaired) electrons. The van der Waals surface area contributed by atoms with Gasteiger partial charge in [-0.25, -0.2) is 4.79 Å². The molecule has 1 saturated carbocycles. The number of hydrogen-bond acceptors (Lipinski definition) is 10. The second-order valence-electron chi connectivity index (χ2n) is 10.2. The zero-order valence-corrected chi connectivity index (χ0v) is 23.3. The van der Waals surface area contributed by atoms with Crippen molar-refractivity contribution in [2.24, 2.45) is 16.2 Å². The van der Waals surface area contributed by atoms with Gasteiger partial charge in [0.1, 0.15) is 6.61 Å². The molecule has 4 unspecified atom stereocenters. The minimum absolute atomic E-state index is 0.0576. The molecule has 226 valence electrons. The van der Waals surface area contributed by atoms with Crippen molar-refractivity contribution in [2.45, 2.75) is 65.6 Å². The molecule has 13 heteroatoms. The normalized spacial score (nSPS) is 24.8. The number of rotatable bonds is 19. The first kappa shape index (κ1) is 34.6. The summed E-state index contributed by atoms with van der Waals surface area (Å²) in [6, 6.07) is 0. The lowest BCUT2D eigenvalue weighted by atomic mass is 9.50. The molecule has 0 saturated heterocycles. The zero-order chi connectivity index (χ0) is 30.6. The minimum atomic E-state index is -1.81. The van der Waals surface area contributed by atoms with Crippen molar-refractivity contribution < 1.29 is 63.0 Å². The molecule has 0 aliphatic heterocycles. The summed E-state index contributed by atoms with van der Waals surface area (Å²) in [5.74, 6) is -5.30. The molecule has 0 aromatic rings. The van der Waals surface area contributed by atoms with Crippen LogP contribution >= 0.6 is 0 Å². The van der Waals surface area contributed by atoms with E-state index in [0.717, 1.165) is 6.26 Å². The molecule has 1 aliphatic carbocycles. The van der Waals surface area contributed by atoms with E-state index in [1.165, 1.54) is 20.8 Å². The molecule has 13 nitrogen and oxygen atoms in total. The minimum Gasteiger partial charge on any atom is -0.502 e. The lowest BCUT2D eigenvalue weighted by Crippen LogP contribution is -2.56. The highest BCUT2D eigenvalue weighted by atomic mass is 16.7. The maximum absolute atomic E-state index is 12.8. The van der Waals surface area contributed by atoms with Crippen molar-refractivity contribution in [3.05, 3.63) is 25.0 Å². The Morgan fingerprint density at radius 1 is 0.800 bits per heavy atom. The van der Waals surface area contributed by atoms with Gasteiger partial charge >= 0.3 is 29.8 Å². The van der Waals surface area contributed by atoms with Gasteiger partial charge in [-0.05, 0) is 52.4 Å². The summed E-state index contributed by atoms with van der Waals surface area (Å²) in [5, 5.41) is 31.1. The lowest BCUT2D eigenvalue weighted by Gasteiger charge is -2.51. The molecule has 4 atom stereocenters. The highest BCUT2D eigenvalue weighted by Gasteiger charge is 2.62. The van der Waals surface area contributed by atoms with E-state index in [-0.39, 0.29) is 77.1 Å². The average molecular weight is 573 g/mol. The molecule has 0 heterocycles. The molecule has 40 heavy (non-hydrogen) atoms. The van der Waals surface area contributed by atoms with Crippen LogP contribution in [-0.4, -0.2) is 84.5 Å². The SMILES string of the molecule is C=COCCC1(C(=O)O)CC(CCOCCOC(=O)C(=C)C)(C(=O)O)CC(CCOC(C)OC(C)=O)(C(=O)O)C1. The smallest absolute Gasteiger partial charge is 0.333 e. The van der Waals surface area contributed by atoms with E-state index in [9.17, 15) is 39.3 Å². The number of aliphatic carboxylic acids is 3. The fourth-order valence-electron chi connectivity index (χ4n) is 5.15. The predicted octanol–water partition coefficient (Wildman–Crippen LogP) is 2.78. The van der Waals surface area contributed by atoms with Crippen LogP contribution in [0.3, 0.4) is 0 Å². The van der Waals surface area contributed by atoms with Gasteiger partial charge < -0.3 is 39.0 Å². The lowest BCUT2D eigenvalue weighted by molar-refractivity contribution is -0.190. The largest absolute Gasteiger partial charge is 0.502 e. The van der Waals surface area contributed by atoms with Crippen LogP contribution in [0.1, 0.15) is 59.3 Å². The summed E-state index contributed by atoms with van der Waals surface area (Å²) in [5.41, 5.74) is -5.17. The summed E-state index contributed by atoms with van der Waals surface area (Å²) >= 11 is 0. The third-order valence-electron chi connectivity index (χ3n) is 7.01. The van der Waals surface area contributed by atoms with E-state index < -0.39 is 52.4 Å². The van der Waals surface area contributed by atoms with E-state index >= 15 is 0 Å². The second kappa shape index (κ2) is 15.4. The third-order valence-corrected chi connectivity index (χ3v) is 7.01. The Balaban J connectivity index is 3.29. The average Bonchev–Trinajstić information content (AvgIpc) is 2.85. The molecular weight excluding hydrogens is 532 g/mol. The third kappa shape index (κ3) is 9.63. The molecule has 1 rings (SSSR count). The number of hydrogen-bond donors (Lipinski definition) is 3. The van der Waals surface area contributed by atoms with E-state index in [2.05, 4.69) is 13.2 Å². The predicted molar refractivity (Wildman–Crippen MR) is 138 cm³/mol. The van der Waals surface area contributed by atoms with Crippen LogP contribution < -0.4 is 0 Å². The van der Waals surface area contributed by atoms with Gasteiger partial charge in [0.05, 0.1) is 42.3 Å². The number of ether oxygens (including phenoxy) is 5. The first-order valence-corrected chi connectivity index (χ1v) is 12.8. The van der Waals surface area contributed by atoms with Crippen molar-refractivity contribution in [2.75, 3.05) is 33.0 Å². The number of carboxylic acid groups (broad SMARTS) is 3. The Labute approximate surface area is 233 Å². The molecule has 0 amide bonds. The van der Waals surface area contributed by atoms with Gasteiger partial charge in [-0.1, -0.05) is 13.2 Å². The highest BCUT2D eigenvalue weighted by Crippen LogP contribution is 2.59. The van der Waals surface area contributed by atoms with Gasteiger partial charge in [0.15, 0.2) is 6.29 Å². The van der Waals surface area contributed by atoms with Crippen molar-refractivity contribution >= 4 is 29.8 Å². The van der Waals surface area contributed by atoms with Gasteiger partial charge in [0.2, 0.25) is 0 Å². The number of carbonyl (C=O) groups is 5. The summed E-state index contributed by atoms with van der Waals surface area (Å²) in [6.07, 6.45) is -1.60. The van der Waals surface area contributed by atoms with E-state index in [1.807, 2.05) is 0 Å². The van der Waals surface area contributed by atoms with Crippen molar-refractivity contribution in [3.8, 4) is 0 Å². The zero-order valence-electron chi connectivity index (χ0n) is 23.3. The Morgan fingerprint density at radius 3 is 1.70 bits per heavy atom. The van der Waals surface area contributed by atoms with E-state index in [1.54, 1.807) is 0 Å². The summed E-state index contributed by atoms with van der Waals surface area (Å²) in [7, 11) is 0.